The fourth-order valence-electron chi connectivity index (χ4n) is 1.77. The quantitative estimate of drug-likeness (QED) is 0.749. The van der Waals surface area contributed by atoms with Gasteiger partial charge in [-0.05, 0) is 47.0 Å². The number of benzene rings is 1. The van der Waals surface area contributed by atoms with Crippen LogP contribution in [0.25, 0.3) is 0 Å². The first-order valence-electron chi connectivity index (χ1n) is 6.53. The number of carbonyl (C=O) groups is 2. The molecular weight excluding hydrogens is 324 g/mol. The van der Waals surface area contributed by atoms with Crippen molar-refractivity contribution >= 4 is 40.4 Å². The maximum absolute atomic E-state index is 11.8. The number of rotatable bonds is 4. The molecule has 2 amide bonds. The summed E-state index contributed by atoms with van der Waals surface area (Å²) >= 11 is 7.40. The van der Waals surface area contributed by atoms with Crippen molar-refractivity contribution in [3.8, 4) is 0 Å². The normalized spacial score (nSPS) is 11.8. The molecule has 1 atom stereocenters. The van der Waals surface area contributed by atoms with Crippen LogP contribution in [0.15, 0.2) is 35.0 Å². The lowest BCUT2D eigenvalue weighted by Crippen LogP contribution is -2.37. The summed E-state index contributed by atoms with van der Waals surface area (Å²) in [6.45, 7) is 1.72. The molecule has 1 aromatic heterocycles. The molecule has 0 radical (unpaired) electrons. The van der Waals surface area contributed by atoms with Gasteiger partial charge in [0.25, 0.3) is 0 Å². The average Bonchev–Trinajstić information content (AvgIpc) is 3.03. The third-order valence-electron chi connectivity index (χ3n) is 3.11. The van der Waals surface area contributed by atoms with E-state index in [2.05, 4.69) is 10.6 Å². The molecule has 0 aliphatic rings. The van der Waals surface area contributed by atoms with Crippen LogP contribution in [0.1, 0.15) is 17.2 Å². The van der Waals surface area contributed by atoms with Crippen molar-refractivity contribution in [2.45, 2.75) is 13.0 Å². The van der Waals surface area contributed by atoms with Gasteiger partial charge in [-0.2, -0.15) is 11.3 Å². The minimum atomic E-state index is -0.837. The Morgan fingerprint density at radius 2 is 2.09 bits per heavy atom. The van der Waals surface area contributed by atoms with Crippen molar-refractivity contribution in [1.82, 2.24) is 5.32 Å². The lowest BCUT2D eigenvalue weighted by molar-refractivity contribution is -0.136. The van der Waals surface area contributed by atoms with Crippen LogP contribution >= 0.6 is 22.9 Å². The first-order valence-corrected chi connectivity index (χ1v) is 7.85. The highest BCUT2D eigenvalue weighted by Crippen LogP contribution is 2.22. The van der Waals surface area contributed by atoms with Gasteiger partial charge in [-0.3, -0.25) is 9.59 Å². The molecular formula is C15H15ClN2O3S. The molecule has 3 N–H and O–H groups in total. The molecule has 1 heterocycles. The van der Waals surface area contributed by atoms with Gasteiger partial charge in [-0.25, -0.2) is 0 Å². The molecule has 1 unspecified atom stereocenters. The number of nitrogens with one attached hydrogen (secondary N) is 2. The maximum atomic E-state index is 11.8. The number of aliphatic hydroxyl groups is 1. The van der Waals surface area contributed by atoms with Crippen LogP contribution in [0.4, 0.5) is 5.69 Å². The molecule has 1 aromatic carbocycles. The van der Waals surface area contributed by atoms with Gasteiger partial charge in [-0.1, -0.05) is 17.7 Å². The van der Waals surface area contributed by atoms with E-state index in [-0.39, 0.29) is 6.54 Å². The predicted molar refractivity (Wildman–Crippen MR) is 87.1 cm³/mol. The number of hydrogen-bond donors (Lipinski definition) is 3. The molecule has 22 heavy (non-hydrogen) atoms. The highest BCUT2D eigenvalue weighted by molar-refractivity contribution is 7.07. The number of aliphatic hydroxyl groups excluding tert-OH is 1. The number of thiophene rings is 1. The van der Waals surface area contributed by atoms with Gasteiger partial charge in [0.15, 0.2) is 0 Å². The van der Waals surface area contributed by atoms with Gasteiger partial charge < -0.3 is 15.7 Å². The number of halogens is 1. The van der Waals surface area contributed by atoms with E-state index in [0.29, 0.717) is 21.8 Å². The van der Waals surface area contributed by atoms with Crippen LogP contribution < -0.4 is 10.6 Å². The summed E-state index contributed by atoms with van der Waals surface area (Å²) in [4.78, 5) is 23.6. The lowest BCUT2D eigenvalue weighted by atomic mass is 10.2. The van der Waals surface area contributed by atoms with Gasteiger partial charge in [0.2, 0.25) is 0 Å². The van der Waals surface area contributed by atoms with Gasteiger partial charge in [0, 0.05) is 17.3 Å². The summed E-state index contributed by atoms with van der Waals surface area (Å²) in [7, 11) is 0. The van der Waals surface area contributed by atoms with E-state index >= 15 is 0 Å². The van der Waals surface area contributed by atoms with E-state index in [1.807, 2.05) is 5.38 Å². The van der Waals surface area contributed by atoms with E-state index < -0.39 is 17.9 Å². The highest BCUT2D eigenvalue weighted by Gasteiger charge is 2.17. The molecule has 7 heteroatoms. The summed E-state index contributed by atoms with van der Waals surface area (Å²) in [6, 6.07) is 6.80. The molecule has 0 saturated heterocycles. The molecule has 0 aliphatic carbocycles. The zero-order chi connectivity index (χ0) is 16.1. The standard InChI is InChI=1S/C15H15ClN2O3S/c1-9-11(16)3-2-4-12(9)18-15(21)14(20)17-7-13(19)10-5-6-22-8-10/h2-6,8,13,19H,7H2,1H3,(H,17,20)(H,18,21). The van der Waals surface area contributed by atoms with Crippen LogP contribution in [0.2, 0.25) is 5.02 Å². The second-order valence-corrected chi connectivity index (χ2v) is 5.84. The highest BCUT2D eigenvalue weighted by atomic mass is 35.5. The summed E-state index contributed by atoms with van der Waals surface area (Å²) < 4.78 is 0. The second-order valence-electron chi connectivity index (χ2n) is 4.65. The van der Waals surface area contributed by atoms with Crippen molar-refractivity contribution in [2.24, 2.45) is 0 Å². The van der Waals surface area contributed by atoms with Crippen LogP contribution in [-0.2, 0) is 9.59 Å². The topological polar surface area (TPSA) is 78.4 Å². The monoisotopic (exact) mass is 338 g/mol. The lowest BCUT2D eigenvalue weighted by Gasteiger charge is -2.12. The molecule has 0 aliphatic heterocycles. The van der Waals surface area contributed by atoms with E-state index in [0.717, 1.165) is 0 Å². The van der Waals surface area contributed by atoms with Crippen molar-refractivity contribution in [3.05, 3.63) is 51.2 Å². The number of anilines is 1. The molecule has 0 bridgehead atoms. The third kappa shape index (κ3) is 4.07. The fraction of sp³-hybridized carbons (Fsp3) is 0.200. The van der Waals surface area contributed by atoms with E-state index in [4.69, 9.17) is 11.6 Å². The SMILES string of the molecule is Cc1c(Cl)cccc1NC(=O)C(=O)NCC(O)c1ccsc1. The zero-order valence-electron chi connectivity index (χ0n) is 11.8. The summed E-state index contributed by atoms with van der Waals surface area (Å²) in [6.07, 6.45) is -0.837. The Kier molecular flexibility index (Phi) is 5.54. The molecule has 0 spiro atoms. The molecule has 0 saturated carbocycles. The minimum absolute atomic E-state index is 0.0302. The fourth-order valence-corrected chi connectivity index (χ4v) is 2.66. The zero-order valence-corrected chi connectivity index (χ0v) is 13.4. The van der Waals surface area contributed by atoms with E-state index in [1.54, 1.807) is 36.6 Å². The largest absolute Gasteiger partial charge is 0.387 e. The molecule has 116 valence electrons. The molecule has 0 fully saturated rings. The summed E-state index contributed by atoms with van der Waals surface area (Å²) in [5.41, 5.74) is 1.87. The number of hydrogen-bond acceptors (Lipinski definition) is 4. The van der Waals surface area contributed by atoms with Crippen LogP contribution in [0.5, 0.6) is 0 Å². The maximum Gasteiger partial charge on any atom is 0.313 e. The molecule has 5 nitrogen and oxygen atoms in total. The Labute approximate surface area is 136 Å². The van der Waals surface area contributed by atoms with Crippen LogP contribution in [0, 0.1) is 6.92 Å². The van der Waals surface area contributed by atoms with Crippen molar-refractivity contribution in [1.29, 1.82) is 0 Å². The van der Waals surface area contributed by atoms with E-state index in [1.165, 1.54) is 11.3 Å². The Hall–Kier alpha value is -1.89. The number of amides is 2. The first kappa shape index (κ1) is 16.5. The van der Waals surface area contributed by atoms with Crippen molar-refractivity contribution in [2.75, 3.05) is 11.9 Å². The third-order valence-corrected chi connectivity index (χ3v) is 4.22. The van der Waals surface area contributed by atoms with Crippen molar-refractivity contribution < 1.29 is 14.7 Å². The van der Waals surface area contributed by atoms with Gasteiger partial charge >= 0.3 is 11.8 Å². The Bertz CT molecular complexity index is 673. The second kappa shape index (κ2) is 7.40. The summed E-state index contributed by atoms with van der Waals surface area (Å²) in [5.74, 6) is -1.61. The summed E-state index contributed by atoms with van der Waals surface area (Å²) in [5, 5.41) is 18.9. The Morgan fingerprint density at radius 3 is 2.77 bits per heavy atom. The van der Waals surface area contributed by atoms with Gasteiger partial charge in [0.1, 0.15) is 0 Å². The first-order chi connectivity index (χ1) is 10.5. The molecule has 2 rings (SSSR count). The van der Waals surface area contributed by atoms with Gasteiger partial charge in [0.05, 0.1) is 6.10 Å². The van der Waals surface area contributed by atoms with E-state index in [9.17, 15) is 14.7 Å². The predicted octanol–water partition coefficient (Wildman–Crippen LogP) is 2.50. The minimum Gasteiger partial charge on any atom is -0.387 e. The smallest absolute Gasteiger partial charge is 0.313 e. The molecule has 2 aromatic rings. The van der Waals surface area contributed by atoms with Crippen LogP contribution in [0.3, 0.4) is 0 Å². The Balaban J connectivity index is 1.90. The average molecular weight is 339 g/mol. The van der Waals surface area contributed by atoms with Crippen molar-refractivity contribution in [3.63, 3.8) is 0 Å². The van der Waals surface area contributed by atoms with Gasteiger partial charge in [-0.15, -0.1) is 0 Å². The Morgan fingerprint density at radius 1 is 1.32 bits per heavy atom. The number of carbonyl (C=O) groups excluding carboxylic acids is 2. The van der Waals surface area contributed by atoms with Crippen LogP contribution in [-0.4, -0.2) is 23.5 Å².